The lowest BCUT2D eigenvalue weighted by molar-refractivity contribution is 0.228. The van der Waals surface area contributed by atoms with E-state index in [1.165, 1.54) is 38.6 Å². The highest BCUT2D eigenvalue weighted by Crippen LogP contribution is 2.41. The number of pyridine rings is 1. The molecule has 254 valence electrons. The number of hydrogen-bond donors (Lipinski definition) is 0. The van der Waals surface area contributed by atoms with E-state index in [-0.39, 0.29) is 5.41 Å². The first kappa shape index (κ1) is 33.3. The minimum absolute atomic E-state index is 0.216. The molecule has 0 aliphatic carbocycles. The van der Waals surface area contributed by atoms with Crippen molar-refractivity contribution in [3.05, 3.63) is 131 Å². The number of benzene rings is 4. The second-order valence-corrected chi connectivity index (χ2v) is 15.0. The lowest BCUT2D eigenvalue weighted by atomic mass is 9.72. The monoisotopic (exact) mass is 660 g/mol. The van der Waals surface area contributed by atoms with Crippen molar-refractivity contribution in [2.75, 3.05) is 0 Å². The van der Waals surface area contributed by atoms with Crippen molar-refractivity contribution in [1.82, 2.24) is 19.3 Å². The van der Waals surface area contributed by atoms with Crippen LogP contribution < -0.4 is 4.74 Å². The minimum atomic E-state index is 0.216. The van der Waals surface area contributed by atoms with Gasteiger partial charge in [-0.2, -0.15) is 5.10 Å². The summed E-state index contributed by atoms with van der Waals surface area (Å²) in [6.45, 7) is 20.3. The molecule has 0 aliphatic rings. The van der Waals surface area contributed by atoms with E-state index < -0.39 is 0 Å². The van der Waals surface area contributed by atoms with Gasteiger partial charge in [-0.1, -0.05) is 77.9 Å². The second-order valence-electron chi connectivity index (χ2n) is 15.0. The Balaban J connectivity index is 1.33. The van der Waals surface area contributed by atoms with Crippen LogP contribution in [-0.2, 0) is 6.42 Å². The van der Waals surface area contributed by atoms with Gasteiger partial charge in [-0.05, 0) is 115 Å². The average Bonchev–Trinajstić information content (AvgIpc) is 3.59. The van der Waals surface area contributed by atoms with Crippen molar-refractivity contribution in [1.29, 1.82) is 0 Å². The highest BCUT2D eigenvalue weighted by atomic mass is 16.5. The molecule has 0 bridgehead atoms. The van der Waals surface area contributed by atoms with E-state index in [4.69, 9.17) is 14.8 Å². The number of aryl methyl sites for hydroxylation is 3. The highest BCUT2D eigenvalue weighted by Gasteiger charge is 2.27. The normalized spacial score (nSPS) is 13.2. The van der Waals surface area contributed by atoms with Crippen molar-refractivity contribution < 1.29 is 4.74 Å². The summed E-state index contributed by atoms with van der Waals surface area (Å²) in [6.07, 6.45) is 2.78. The van der Waals surface area contributed by atoms with E-state index in [2.05, 4.69) is 152 Å². The van der Waals surface area contributed by atoms with Crippen molar-refractivity contribution >= 4 is 21.8 Å². The molecule has 50 heavy (non-hydrogen) atoms. The summed E-state index contributed by atoms with van der Waals surface area (Å²) in [5.74, 6) is 3.41. The van der Waals surface area contributed by atoms with E-state index in [0.717, 1.165) is 51.8 Å². The molecule has 0 radical (unpaired) electrons. The number of ether oxygens (including phenoxy) is 1. The van der Waals surface area contributed by atoms with Crippen LogP contribution in [-0.4, -0.2) is 19.3 Å². The third-order valence-corrected chi connectivity index (χ3v) is 10.7. The molecule has 7 aromatic rings. The van der Waals surface area contributed by atoms with Gasteiger partial charge >= 0.3 is 0 Å². The van der Waals surface area contributed by atoms with Crippen LogP contribution in [0.1, 0.15) is 75.5 Å². The van der Waals surface area contributed by atoms with Gasteiger partial charge < -0.3 is 4.74 Å². The number of fused-ring (bicyclic) bond motifs is 3. The molecule has 2 unspecified atom stereocenters. The molecule has 4 aromatic carbocycles. The van der Waals surface area contributed by atoms with E-state index in [9.17, 15) is 0 Å². The van der Waals surface area contributed by atoms with Gasteiger partial charge in [-0.15, -0.1) is 0 Å². The Morgan fingerprint density at radius 1 is 0.760 bits per heavy atom. The van der Waals surface area contributed by atoms with Gasteiger partial charge in [0.15, 0.2) is 0 Å². The molecule has 0 fully saturated rings. The number of aromatic nitrogens is 4. The summed E-state index contributed by atoms with van der Waals surface area (Å²) in [5, 5.41) is 7.41. The third-order valence-electron chi connectivity index (χ3n) is 10.7. The quantitative estimate of drug-likeness (QED) is 0.163. The van der Waals surface area contributed by atoms with Crippen LogP contribution in [0.4, 0.5) is 0 Å². The molecule has 3 aromatic heterocycles. The van der Waals surface area contributed by atoms with E-state index in [0.29, 0.717) is 11.8 Å². The smallest absolute Gasteiger partial charge is 0.137 e. The fourth-order valence-corrected chi connectivity index (χ4v) is 7.37. The van der Waals surface area contributed by atoms with E-state index in [1.54, 1.807) is 0 Å². The second kappa shape index (κ2) is 12.9. The van der Waals surface area contributed by atoms with Crippen LogP contribution >= 0.6 is 0 Å². The molecule has 2 atom stereocenters. The van der Waals surface area contributed by atoms with Crippen LogP contribution in [0.5, 0.6) is 11.5 Å². The van der Waals surface area contributed by atoms with Crippen molar-refractivity contribution in [3.63, 3.8) is 0 Å². The Morgan fingerprint density at radius 3 is 2.26 bits per heavy atom. The molecule has 5 heteroatoms. The summed E-state index contributed by atoms with van der Waals surface area (Å²) in [7, 11) is 0. The van der Waals surface area contributed by atoms with Gasteiger partial charge in [0.05, 0.1) is 22.4 Å². The van der Waals surface area contributed by atoms with Gasteiger partial charge in [0.25, 0.3) is 0 Å². The first-order chi connectivity index (χ1) is 23.9. The van der Waals surface area contributed by atoms with Crippen LogP contribution in [0.2, 0.25) is 0 Å². The van der Waals surface area contributed by atoms with Gasteiger partial charge in [-0.3, -0.25) is 4.57 Å². The molecule has 0 N–H and O–H groups in total. The summed E-state index contributed by atoms with van der Waals surface area (Å²) in [4.78, 5) is 4.83. The molecule has 0 saturated carbocycles. The Hall–Kier alpha value is -5.16. The molecule has 0 aliphatic heterocycles. The molecule has 0 saturated heterocycles. The molecular formula is C45H48N4O. The Morgan fingerprint density at radius 2 is 1.54 bits per heavy atom. The predicted octanol–water partition coefficient (Wildman–Crippen LogP) is 12.1. The zero-order valence-electron chi connectivity index (χ0n) is 30.9. The highest BCUT2D eigenvalue weighted by molar-refractivity contribution is 6.09. The maximum Gasteiger partial charge on any atom is 0.137 e. The Bertz CT molecular complexity index is 2340. The van der Waals surface area contributed by atoms with Gasteiger partial charge in [-0.25, -0.2) is 9.67 Å². The van der Waals surface area contributed by atoms with Crippen LogP contribution in [0.25, 0.3) is 44.4 Å². The van der Waals surface area contributed by atoms with E-state index in [1.807, 2.05) is 23.0 Å². The fraction of sp³-hybridized carbons (Fsp3) is 0.289. The average molecular weight is 661 g/mol. The largest absolute Gasteiger partial charge is 0.457 e. The molecule has 0 amide bonds. The van der Waals surface area contributed by atoms with Crippen molar-refractivity contribution in [2.24, 2.45) is 11.3 Å². The Kier molecular flexibility index (Phi) is 8.63. The lowest BCUT2D eigenvalue weighted by Gasteiger charge is -2.32. The molecular weight excluding hydrogens is 613 g/mol. The van der Waals surface area contributed by atoms with Gasteiger partial charge in [0.2, 0.25) is 0 Å². The summed E-state index contributed by atoms with van der Waals surface area (Å²) in [5.41, 5.74) is 11.6. The van der Waals surface area contributed by atoms with Gasteiger partial charge in [0.1, 0.15) is 17.3 Å². The minimum Gasteiger partial charge on any atom is -0.457 e. The zero-order chi connectivity index (χ0) is 35.3. The first-order valence-electron chi connectivity index (χ1n) is 17.9. The summed E-state index contributed by atoms with van der Waals surface area (Å²) >= 11 is 0. The van der Waals surface area contributed by atoms with Crippen LogP contribution in [0.15, 0.2) is 103 Å². The number of rotatable bonds is 8. The standard InChI is InChI=1S/C45H48N4O/c1-10-33-23-36(49-32(6)44(31(5)47-49)34-14-12-11-13-15-34)26-38(24-33)50-37-17-18-39-40-25-35(29(3)30(4)45(7,8)9)16-19-41(40)48(42(39)27-37)43-22-28(2)20-21-46-43/h11-27,29-30H,10H2,1-9H3. The molecule has 0 spiro atoms. The lowest BCUT2D eigenvalue weighted by Crippen LogP contribution is -2.22. The number of nitrogens with zero attached hydrogens (tertiary/aromatic N) is 4. The SMILES string of the molecule is CCc1cc(Oc2ccc3c4cc(C(C)C(C)C(C)(C)C)ccc4n(-c4cc(C)ccn4)c3c2)cc(-n2nc(C)c(-c3ccccc3)c2C)c1. The fourth-order valence-electron chi connectivity index (χ4n) is 7.37. The van der Waals surface area contributed by atoms with Crippen molar-refractivity contribution in [3.8, 4) is 34.1 Å². The first-order valence-corrected chi connectivity index (χ1v) is 17.9. The predicted molar refractivity (Wildman–Crippen MR) is 208 cm³/mol. The van der Waals surface area contributed by atoms with Crippen LogP contribution in [0, 0.1) is 32.1 Å². The Labute approximate surface area is 296 Å². The number of hydrogen-bond acceptors (Lipinski definition) is 3. The van der Waals surface area contributed by atoms with Crippen LogP contribution in [0.3, 0.4) is 0 Å². The molecule has 3 heterocycles. The van der Waals surface area contributed by atoms with Crippen molar-refractivity contribution in [2.45, 2.75) is 74.7 Å². The molecule has 5 nitrogen and oxygen atoms in total. The molecule has 7 rings (SSSR count). The third kappa shape index (κ3) is 6.10. The summed E-state index contributed by atoms with van der Waals surface area (Å²) < 4.78 is 11.0. The van der Waals surface area contributed by atoms with E-state index >= 15 is 0 Å². The maximum atomic E-state index is 6.72. The summed E-state index contributed by atoms with van der Waals surface area (Å²) in [6, 6.07) is 34.6. The topological polar surface area (TPSA) is 44.9 Å². The zero-order valence-corrected chi connectivity index (χ0v) is 30.9. The van der Waals surface area contributed by atoms with Gasteiger partial charge in [0, 0.05) is 40.4 Å². The maximum absolute atomic E-state index is 6.72.